The van der Waals surface area contributed by atoms with E-state index < -0.39 is 0 Å². The molecule has 0 fully saturated rings. The zero-order chi connectivity index (χ0) is 17.7. The first-order valence-corrected chi connectivity index (χ1v) is 8.22. The van der Waals surface area contributed by atoms with Gasteiger partial charge in [0.15, 0.2) is 0 Å². The van der Waals surface area contributed by atoms with Crippen molar-refractivity contribution < 1.29 is 4.74 Å². The Morgan fingerprint density at radius 2 is 1.60 bits per heavy atom. The van der Waals surface area contributed by atoms with E-state index in [2.05, 4.69) is 60.3 Å². The lowest BCUT2D eigenvalue weighted by molar-refractivity contribution is 0.306. The average molecular weight is 334 g/mol. The van der Waals surface area contributed by atoms with Crippen LogP contribution in [0, 0.1) is 0 Å². The lowest BCUT2D eigenvalue weighted by Crippen LogP contribution is -2.10. The Kier molecular flexibility index (Phi) is 4.93. The minimum absolute atomic E-state index is 0.170. The maximum absolute atomic E-state index is 5.85. The third-order valence-electron chi connectivity index (χ3n) is 3.85. The summed E-state index contributed by atoms with van der Waals surface area (Å²) in [4.78, 5) is 0. The Balaban J connectivity index is 1.56. The lowest BCUT2D eigenvalue weighted by atomic mass is 9.87. The topological polar surface area (TPSA) is 52.3 Å². The quantitative estimate of drug-likeness (QED) is 0.662. The molecule has 0 atom stereocenters. The molecule has 0 amide bonds. The Morgan fingerprint density at radius 3 is 2.20 bits per heavy atom. The van der Waals surface area contributed by atoms with Crippen molar-refractivity contribution in [2.45, 2.75) is 32.8 Å². The van der Waals surface area contributed by atoms with Crippen LogP contribution in [0.4, 0.5) is 0 Å². The smallest absolute Gasteiger partial charge is 0.141 e. The van der Waals surface area contributed by atoms with Gasteiger partial charge in [-0.05, 0) is 46.4 Å². The summed E-state index contributed by atoms with van der Waals surface area (Å²) in [7, 11) is 0. The molecular weight excluding hydrogens is 312 g/mol. The van der Waals surface area contributed by atoms with Gasteiger partial charge in [0.25, 0.3) is 0 Å². The van der Waals surface area contributed by atoms with Crippen molar-refractivity contribution in [3.05, 3.63) is 77.9 Å². The summed E-state index contributed by atoms with van der Waals surface area (Å²) in [5, 5.41) is 11.6. The highest BCUT2D eigenvalue weighted by atomic mass is 16.5. The predicted octanol–water partition coefficient (Wildman–Crippen LogP) is 4.04. The number of benzene rings is 2. The molecular formula is C20H22N4O. The fourth-order valence-electron chi connectivity index (χ4n) is 2.31. The van der Waals surface area contributed by atoms with E-state index in [1.54, 1.807) is 23.5 Å². The second-order valence-electron chi connectivity index (χ2n) is 6.89. The molecule has 0 spiro atoms. The molecule has 2 aromatic carbocycles. The molecule has 0 N–H and O–H groups in total. The number of hydrogen-bond acceptors (Lipinski definition) is 4. The highest BCUT2D eigenvalue weighted by Gasteiger charge is 2.12. The van der Waals surface area contributed by atoms with Gasteiger partial charge >= 0.3 is 0 Å². The molecule has 0 aliphatic rings. The molecule has 1 aromatic heterocycles. The number of rotatable bonds is 5. The third kappa shape index (κ3) is 4.76. The van der Waals surface area contributed by atoms with Crippen LogP contribution in [0.3, 0.4) is 0 Å². The summed E-state index contributed by atoms with van der Waals surface area (Å²) in [6.07, 6.45) is 4.83. The van der Waals surface area contributed by atoms with Gasteiger partial charge in [0.2, 0.25) is 0 Å². The van der Waals surface area contributed by atoms with Gasteiger partial charge in [0.1, 0.15) is 25.0 Å². The molecule has 0 aliphatic carbocycles. The van der Waals surface area contributed by atoms with Crippen molar-refractivity contribution in [3.8, 4) is 5.75 Å². The van der Waals surface area contributed by atoms with Crippen LogP contribution in [-0.2, 0) is 12.0 Å². The molecule has 5 nitrogen and oxygen atoms in total. The molecule has 0 unspecified atom stereocenters. The average Bonchev–Trinajstić information content (AvgIpc) is 3.12. The summed E-state index contributed by atoms with van der Waals surface area (Å²) in [6.45, 7) is 7.20. The SMILES string of the molecule is CC(C)(C)c1ccc(COc2ccc(/C=N/n3cnnc3)cc2)cc1. The second kappa shape index (κ2) is 7.30. The van der Waals surface area contributed by atoms with E-state index in [0.29, 0.717) is 6.61 Å². The highest BCUT2D eigenvalue weighted by molar-refractivity contribution is 5.79. The zero-order valence-corrected chi connectivity index (χ0v) is 14.8. The highest BCUT2D eigenvalue weighted by Crippen LogP contribution is 2.22. The molecule has 25 heavy (non-hydrogen) atoms. The van der Waals surface area contributed by atoms with Gasteiger partial charge in [-0.1, -0.05) is 45.0 Å². The van der Waals surface area contributed by atoms with Crippen LogP contribution in [0.25, 0.3) is 0 Å². The Bertz CT molecular complexity index is 814. The monoisotopic (exact) mass is 334 g/mol. The van der Waals surface area contributed by atoms with Crippen molar-refractivity contribution in [1.82, 2.24) is 14.9 Å². The fraction of sp³-hybridized carbons (Fsp3) is 0.250. The van der Waals surface area contributed by atoms with Crippen LogP contribution in [-0.4, -0.2) is 21.1 Å². The van der Waals surface area contributed by atoms with Crippen molar-refractivity contribution >= 4 is 6.21 Å². The molecule has 3 rings (SSSR count). The van der Waals surface area contributed by atoms with Gasteiger partial charge in [0, 0.05) is 0 Å². The number of nitrogens with zero attached hydrogens (tertiary/aromatic N) is 4. The first kappa shape index (κ1) is 16.9. The number of hydrogen-bond donors (Lipinski definition) is 0. The van der Waals surface area contributed by atoms with Crippen LogP contribution < -0.4 is 4.74 Å². The van der Waals surface area contributed by atoms with E-state index in [1.165, 1.54) is 5.56 Å². The van der Waals surface area contributed by atoms with Gasteiger partial charge in [-0.25, -0.2) is 4.68 Å². The molecule has 0 aliphatic heterocycles. The molecule has 0 saturated carbocycles. The molecule has 0 bridgehead atoms. The first-order valence-electron chi connectivity index (χ1n) is 8.22. The van der Waals surface area contributed by atoms with Crippen LogP contribution in [0.5, 0.6) is 5.75 Å². The van der Waals surface area contributed by atoms with Gasteiger partial charge < -0.3 is 4.74 Å². The molecule has 5 heteroatoms. The molecule has 0 saturated heterocycles. The third-order valence-corrected chi connectivity index (χ3v) is 3.85. The summed E-state index contributed by atoms with van der Waals surface area (Å²) in [5.74, 6) is 0.835. The van der Waals surface area contributed by atoms with E-state index in [0.717, 1.165) is 16.9 Å². The standard InChI is InChI=1S/C20H22N4O/c1-20(2,3)18-8-4-17(5-9-18)13-25-19-10-6-16(7-11-19)12-23-24-14-21-22-15-24/h4-12,14-15H,13H2,1-3H3/b23-12+. The van der Waals surface area contributed by atoms with E-state index in [4.69, 9.17) is 4.74 Å². The summed E-state index contributed by atoms with van der Waals surface area (Å²) < 4.78 is 7.40. The molecule has 128 valence electrons. The maximum atomic E-state index is 5.85. The van der Waals surface area contributed by atoms with Gasteiger partial charge in [-0.2, -0.15) is 5.10 Å². The summed E-state index contributed by atoms with van der Waals surface area (Å²) in [6, 6.07) is 16.4. The van der Waals surface area contributed by atoms with Crippen LogP contribution in [0.15, 0.2) is 66.3 Å². The van der Waals surface area contributed by atoms with E-state index in [1.807, 2.05) is 24.3 Å². The fourth-order valence-corrected chi connectivity index (χ4v) is 2.31. The van der Waals surface area contributed by atoms with Crippen LogP contribution >= 0.6 is 0 Å². The summed E-state index contributed by atoms with van der Waals surface area (Å²) in [5.41, 5.74) is 3.64. The molecule has 1 heterocycles. The number of ether oxygens (including phenoxy) is 1. The Labute approximate surface area is 148 Å². The van der Waals surface area contributed by atoms with Crippen molar-refractivity contribution in [1.29, 1.82) is 0 Å². The largest absolute Gasteiger partial charge is 0.489 e. The molecule has 0 radical (unpaired) electrons. The van der Waals surface area contributed by atoms with E-state index in [9.17, 15) is 0 Å². The van der Waals surface area contributed by atoms with Gasteiger partial charge in [-0.15, -0.1) is 10.2 Å². The lowest BCUT2D eigenvalue weighted by Gasteiger charge is -2.19. The molecule has 3 aromatic rings. The van der Waals surface area contributed by atoms with Gasteiger partial charge in [-0.3, -0.25) is 0 Å². The van der Waals surface area contributed by atoms with Crippen molar-refractivity contribution in [3.63, 3.8) is 0 Å². The predicted molar refractivity (Wildman–Crippen MR) is 98.9 cm³/mol. The van der Waals surface area contributed by atoms with Crippen molar-refractivity contribution in [2.24, 2.45) is 5.10 Å². The normalized spacial score (nSPS) is 11.8. The second-order valence-corrected chi connectivity index (χ2v) is 6.89. The number of aromatic nitrogens is 3. The Hall–Kier alpha value is -2.95. The van der Waals surface area contributed by atoms with E-state index >= 15 is 0 Å². The first-order chi connectivity index (χ1) is 12.0. The summed E-state index contributed by atoms with van der Waals surface area (Å²) >= 11 is 0. The van der Waals surface area contributed by atoms with Crippen molar-refractivity contribution in [2.75, 3.05) is 0 Å². The minimum atomic E-state index is 0.170. The van der Waals surface area contributed by atoms with Crippen LogP contribution in [0.1, 0.15) is 37.5 Å². The van der Waals surface area contributed by atoms with Crippen LogP contribution in [0.2, 0.25) is 0 Å². The van der Waals surface area contributed by atoms with E-state index in [-0.39, 0.29) is 5.41 Å². The maximum Gasteiger partial charge on any atom is 0.141 e. The Morgan fingerprint density at radius 1 is 0.960 bits per heavy atom. The zero-order valence-electron chi connectivity index (χ0n) is 14.8. The minimum Gasteiger partial charge on any atom is -0.489 e. The van der Waals surface area contributed by atoms with Gasteiger partial charge in [0.05, 0.1) is 6.21 Å².